The second-order valence-electron chi connectivity index (χ2n) is 2.93. The number of amides is 1. The van der Waals surface area contributed by atoms with Crippen LogP contribution in [0.3, 0.4) is 0 Å². The van der Waals surface area contributed by atoms with E-state index in [1.807, 2.05) is 0 Å². The lowest BCUT2D eigenvalue weighted by Crippen LogP contribution is -2.09. The molecule has 0 heterocycles. The zero-order chi connectivity index (χ0) is 11.3. The van der Waals surface area contributed by atoms with Crippen molar-refractivity contribution in [1.29, 1.82) is 0 Å². The topological polar surface area (TPSA) is 87.4 Å². The number of ether oxygens (including phenoxy) is 1. The number of aliphatic carboxylic acids is 1. The van der Waals surface area contributed by atoms with Gasteiger partial charge in [-0.3, -0.25) is 10.5 Å². The van der Waals surface area contributed by atoms with E-state index < -0.39 is 18.5 Å². The molecule has 0 bridgehead atoms. The highest BCUT2D eigenvalue weighted by molar-refractivity contribution is 5.75. The van der Waals surface area contributed by atoms with Gasteiger partial charge in [0.25, 0.3) is 0 Å². The Kier molecular flexibility index (Phi) is 3.68. The van der Waals surface area contributed by atoms with Crippen molar-refractivity contribution in [3.8, 4) is 5.75 Å². The number of carboxylic acids is 1. The van der Waals surface area contributed by atoms with Crippen LogP contribution in [0.15, 0.2) is 24.3 Å². The molecule has 1 rings (SSSR count). The number of carbonyl (C=O) groups is 2. The van der Waals surface area contributed by atoms with Gasteiger partial charge in [-0.2, -0.15) is 0 Å². The van der Waals surface area contributed by atoms with Crippen LogP contribution in [-0.4, -0.2) is 23.6 Å². The Hall–Kier alpha value is -2.04. The third-order valence-electron chi connectivity index (χ3n) is 1.65. The Balaban J connectivity index is 2.56. The summed E-state index contributed by atoms with van der Waals surface area (Å²) >= 11 is 0. The van der Waals surface area contributed by atoms with Gasteiger partial charge in [0.2, 0.25) is 5.91 Å². The van der Waals surface area contributed by atoms with Gasteiger partial charge in [0.1, 0.15) is 5.75 Å². The Morgan fingerprint density at radius 1 is 1.27 bits per heavy atom. The van der Waals surface area contributed by atoms with E-state index in [1.165, 1.54) is 0 Å². The van der Waals surface area contributed by atoms with E-state index in [0.29, 0.717) is 11.3 Å². The normalized spacial score (nSPS) is 9.60. The quantitative estimate of drug-likeness (QED) is 0.763. The average Bonchev–Trinajstić information content (AvgIpc) is 2.16. The second-order valence-corrected chi connectivity index (χ2v) is 2.93. The molecule has 0 atom stereocenters. The first-order valence-electron chi connectivity index (χ1n) is 4.26. The van der Waals surface area contributed by atoms with Gasteiger partial charge < -0.3 is 9.84 Å². The van der Waals surface area contributed by atoms with Crippen molar-refractivity contribution >= 4 is 11.9 Å². The van der Waals surface area contributed by atoms with Crippen LogP contribution in [0.5, 0.6) is 5.75 Å². The van der Waals surface area contributed by atoms with Gasteiger partial charge >= 0.3 is 5.97 Å². The Labute approximate surface area is 86.5 Å². The number of nitrogens with one attached hydrogen (secondary N) is 1. The van der Waals surface area contributed by atoms with Gasteiger partial charge in [-0.15, -0.1) is 0 Å². The summed E-state index contributed by atoms with van der Waals surface area (Å²) in [6.07, 6.45) is 0.0548. The van der Waals surface area contributed by atoms with Crippen LogP contribution < -0.4 is 10.5 Å². The van der Waals surface area contributed by atoms with Crippen LogP contribution in [0.2, 0.25) is 0 Å². The zero-order valence-corrected chi connectivity index (χ0v) is 7.90. The lowest BCUT2D eigenvalue weighted by molar-refractivity contribution is -0.139. The largest absolute Gasteiger partial charge is 0.482 e. The molecule has 5 heteroatoms. The van der Waals surface area contributed by atoms with Crippen molar-refractivity contribution < 1.29 is 19.4 Å². The lowest BCUT2D eigenvalue weighted by atomic mass is 10.1. The number of hydrogen-bond donors (Lipinski definition) is 1. The van der Waals surface area contributed by atoms with Crippen LogP contribution in [0, 0.1) is 0 Å². The molecule has 0 spiro atoms. The number of carboxylic acid groups (broad SMARTS) is 1. The van der Waals surface area contributed by atoms with E-state index in [4.69, 9.17) is 15.6 Å². The van der Waals surface area contributed by atoms with Gasteiger partial charge in [0, 0.05) is 0 Å². The maximum atomic E-state index is 10.5. The predicted molar refractivity (Wildman–Crippen MR) is 51.4 cm³/mol. The summed E-state index contributed by atoms with van der Waals surface area (Å²) in [4.78, 5) is 20.7. The predicted octanol–water partition coefficient (Wildman–Crippen LogP) is 0.502. The van der Waals surface area contributed by atoms with Gasteiger partial charge in [0.05, 0.1) is 6.42 Å². The molecule has 1 aromatic carbocycles. The summed E-state index contributed by atoms with van der Waals surface area (Å²) < 4.78 is 4.90. The highest BCUT2D eigenvalue weighted by atomic mass is 16.5. The maximum Gasteiger partial charge on any atom is 0.341 e. The molecule has 0 saturated heterocycles. The van der Waals surface area contributed by atoms with Crippen LogP contribution in [-0.2, 0) is 16.0 Å². The molecule has 15 heavy (non-hydrogen) atoms. The first-order valence-corrected chi connectivity index (χ1v) is 4.26. The SMILES string of the molecule is [NH]C(=O)Cc1ccc(OCC(=O)O)cc1. The summed E-state index contributed by atoms with van der Waals surface area (Å²) in [5.41, 5.74) is 7.46. The fourth-order valence-electron chi connectivity index (χ4n) is 1.03. The van der Waals surface area contributed by atoms with E-state index in [-0.39, 0.29) is 6.42 Å². The van der Waals surface area contributed by atoms with Crippen LogP contribution >= 0.6 is 0 Å². The minimum absolute atomic E-state index is 0.0548. The first kappa shape index (κ1) is 11.0. The Bertz CT molecular complexity index is 358. The third-order valence-corrected chi connectivity index (χ3v) is 1.65. The Morgan fingerprint density at radius 3 is 2.33 bits per heavy atom. The summed E-state index contributed by atoms with van der Waals surface area (Å²) in [6, 6.07) is 6.40. The van der Waals surface area contributed by atoms with Crippen LogP contribution in [0.25, 0.3) is 0 Å². The zero-order valence-electron chi connectivity index (χ0n) is 7.90. The molecule has 2 N–H and O–H groups in total. The number of hydrogen-bond acceptors (Lipinski definition) is 3. The molecular weight excluding hydrogens is 198 g/mol. The van der Waals surface area contributed by atoms with Crippen molar-refractivity contribution in [2.24, 2.45) is 0 Å². The smallest absolute Gasteiger partial charge is 0.341 e. The maximum absolute atomic E-state index is 10.5. The van der Waals surface area contributed by atoms with Crippen molar-refractivity contribution in [2.45, 2.75) is 6.42 Å². The molecule has 1 aromatic rings. The molecule has 1 radical (unpaired) electrons. The van der Waals surface area contributed by atoms with Crippen molar-refractivity contribution in [3.05, 3.63) is 29.8 Å². The van der Waals surface area contributed by atoms with Crippen molar-refractivity contribution in [1.82, 2.24) is 5.73 Å². The molecule has 0 aliphatic heterocycles. The summed E-state index contributed by atoms with van der Waals surface area (Å²) in [7, 11) is 0. The number of benzene rings is 1. The molecule has 0 aliphatic rings. The molecule has 79 valence electrons. The second kappa shape index (κ2) is 4.99. The molecule has 0 unspecified atom stereocenters. The standard InChI is InChI=1S/C10H10NO4/c11-9(12)5-7-1-3-8(4-2-7)15-6-10(13)14/h1-4,11H,5-6H2,(H,13,14). The minimum Gasteiger partial charge on any atom is -0.482 e. The summed E-state index contributed by atoms with van der Waals surface area (Å²) in [5, 5.41) is 8.35. The molecule has 5 nitrogen and oxygen atoms in total. The van der Waals surface area contributed by atoms with E-state index in [0.717, 1.165) is 0 Å². The summed E-state index contributed by atoms with van der Waals surface area (Å²) in [6.45, 7) is -0.392. The molecule has 0 aromatic heterocycles. The van der Waals surface area contributed by atoms with Gasteiger partial charge in [0.15, 0.2) is 6.61 Å². The van der Waals surface area contributed by atoms with Crippen LogP contribution in [0.4, 0.5) is 0 Å². The van der Waals surface area contributed by atoms with Gasteiger partial charge in [-0.25, -0.2) is 4.79 Å². The molecular formula is C10H10NO4. The fourth-order valence-corrected chi connectivity index (χ4v) is 1.03. The van der Waals surface area contributed by atoms with Crippen molar-refractivity contribution in [2.75, 3.05) is 6.61 Å². The minimum atomic E-state index is -1.04. The summed E-state index contributed by atoms with van der Waals surface area (Å²) in [5.74, 6) is -1.27. The molecule has 1 amide bonds. The molecule has 0 fully saturated rings. The van der Waals surface area contributed by atoms with E-state index >= 15 is 0 Å². The third kappa shape index (κ3) is 4.12. The lowest BCUT2D eigenvalue weighted by Gasteiger charge is -2.03. The Morgan fingerprint density at radius 2 is 1.87 bits per heavy atom. The first-order chi connectivity index (χ1) is 7.08. The number of carbonyl (C=O) groups excluding carboxylic acids is 1. The van der Waals surface area contributed by atoms with Gasteiger partial charge in [-0.05, 0) is 17.7 Å². The van der Waals surface area contributed by atoms with Crippen molar-refractivity contribution in [3.63, 3.8) is 0 Å². The van der Waals surface area contributed by atoms with Crippen LogP contribution in [0.1, 0.15) is 5.56 Å². The number of rotatable bonds is 5. The molecule has 0 aliphatic carbocycles. The van der Waals surface area contributed by atoms with Gasteiger partial charge in [-0.1, -0.05) is 12.1 Å². The highest BCUT2D eigenvalue weighted by Crippen LogP contribution is 2.12. The fraction of sp³-hybridized carbons (Fsp3) is 0.200. The molecule has 0 saturated carbocycles. The monoisotopic (exact) mass is 208 g/mol. The van der Waals surface area contributed by atoms with E-state index in [9.17, 15) is 9.59 Å². The van der Waals surface area contributed by atoms with E-state index in [2.05, 4.69) is 0 Å². The average molecular weight is 208 g/mol. The highest BCUT2D eigenvalue weighted by Gasteiger charge is 2.01. The van der Waals surface area contributed by atoms with E-state index in [1.54, 1.807) is 24.3 Å².